The van der Waals surface area contributed by atoms with Gasteiger partial charge in [-0.25, -0.2) is 4.79 Å². The normalized spacial score (nSPS) is 19.8. The molecule has 2 atom stereocenters. The van der Waals surface area contributed by atoms with Crippen LogP contribution in [-0.2, 0) is 14.3 Å². The molecule has 2 heterocycles. The number of nitrogens with zero attached hydrogens (tertiary/aromatic N) is 1. The van der Waals surface area contributed by atoms with E-state index >= 15 is 0 Å². The highest BCUT2D eigenvalue weighted by Crippen LogP contribution is 2.45. The lowest BCUT2D eigenvalue weighted by molar-refractivity contribution is -0.144. The second kappa shape index (κ2) is 8.11. The van der Waals surface area contributed by atoms with Crippen molar-refractivity contribution in [3.05, 3.63) is 52.0 Å². The molecule has 9 heteroatoms. The van der Waals surface area contributed by atoms with Crippen molar-refractivity contribution in [1.82, 2.24) is 4.90 Å². The van der Waals surface area contributed by atoms with Crippen LogP contribution in [0.2, 0.25) is 5.02 Å². The van der Waals surface area contributed by atoms with E-state index in [2.05, 4.69) is 5.32 Å². The van der Waals surface area contributed by atoms with Crippen molar-refractivity contribution in [2.24, 2.45) is 0 Å². The lowest BCUT2D eigenvalue weighted by atomic mass is 10.0. The number of nitrogens with one attached hydrogen (secondary N) is 1. The number of amides is 2. The summed E-state index contributed by atoms with van der Waals surface area (Å²) in [5.74, 6) is -0.690. The van der Waals surface area contributed by atoms with Gasteiger partial charge in [-0.15, -0.1) is 0 Å². The number of ether oxygens (including phenoxy) is 3. The lowest BCUT2D eigenvalue weighted by Crippen LogP contribution is -2.43. The number of aryl methyl sites for hydroxylation is 1. The van der Waals surface area contributed by atoms with Gasteiger partial charge in [0.2, 0.25) is 18.0 Å². The molecule has 31 heavy (non-hydrogen) atoms. The summed E-state index contributed by atoms with van der Waals surface area (Å²) >= 11 is 6.14. The molecule has 8 nitrogen and oxygen atoms in total. The Morgan fingerprint density at radius 2 is 1.97 bits per heavy atom. The number of halogens is 1. The summed E-state index contributed by atoms with van der Waals surface area (Å²) < 4.78 is 16.1. The summed E-state index contributed by atoms with van der Waals surface area (Å²) in [7, 11) is 2.88. The van der Waals surface area contributed by atoms with Gasteiger partial charge >= 0.3 is 5.97 Å². The number of carbonyl (C=O) groups is 3. The van der Waals surface area contributed by atoms with Crippen molar-refractivity contribution in [2.45, 2.75) is 32.0 Å². The van der Waals surface area contributed by atoms with Gasteiger partial charge in [-0.1, -0.05) is 17.7 Å². The molecular formula is C22H21ClN2O6. The number of hydrogen-bond donors (Lipinski definition) is 1. The van der Waals surface area contributed by atoms with Gasteiger partial charge in [-0.05, 0) is 43.2 Å². The third kappa shape index (κ3) is 3.57. The highest BCUT2D eigenvalue weighted by Gasteiger charge is 2.47. The molecule has 0 saturated carbocycles. The maximum absolute atomic E-state index is 13.0. The topological polar surface area (TPSA) is 94.2 Å². The van der Waals surface area contributed by atoms with Crippen LogP contribution in [0.3, 0.4) is 0 Å². The Morgan fingerprint density at radius 3 is 2.65 bits per heavy atom. The zero-order chi connectivity index (χ0) is 22.3. The van der Waals surface area contributed by atoms with Crippen LogP contribution in [0.25, 0.3) is 0 Å². The largest absolute Gasteiger partial charge is 0.493 e. The van der Waals surface area contributed by atoms with Gasteiger partial charge in [0.05, 0.1) is 14.2 Å². The van der Waals surface area contributed by atoms with Gasteiger partial charge in [0.15, 0.2) is 11.5 Å². The van der Waals surface area contributed by atoms with E-state index in [0.29, 0.717) is 28.4 Å². The fourth-order valence-electron chi connectivity index (χ4n) is 3.94. The minimum absolute atomic E-state index is 0.170. The molecule has 2 aliphatic rings. The molecule has 2 amide bonds. The van der Waals surface area contributed by atoms with Gasteiger partial charge in [0.25, 0.3) is 0 Å². The Bertz CT molecular complexity index is 1090. The molecule has 2 aromatic rings. The summed E-state index contributed by atoms with van der Waals surface area (Å²) in [6.07, 6.45) is -0.542. The van der Waals surface area contributed by atoms with Gasteiger partial charge in [0.1, 0.15) is 11.6 Å². The third-order valence-electron chi connectivity index (χ3n) is 5.52. The quantitative estimate of drug-likeness (QED) is 0.710. The van der Waals surface area contributed by atoms with Gasteiger partial charge in [-0.3, -0.25) is 14.5 Å². The van der Waals surface area contributed by atoms with Crippen LogP contribution in [0.1, 0.15) is 40.6 Å². The minimum Gasteiger partial charge on any atom is -0.493 e. The number of rotatable bonds is 5. The molecule has 2 aliphatic heterocycles. The lowest BCUT2D eigenvalue weighted by Gasteiger charge is -2.29. The molecule has 4 rings (SSSR count). The van der Waals surface area contributed by atoms with E-state index in [-0.39, 0.29) is 29.5 Å². The molecule has 0 aromatic heterocycles. The molecule has 1 fully saturated rings. The number of fused-ring (bicyclic) bond motifs is 1. The van der Waals surface area contributed by atoms with Crippen molar-refractivity contribution in [3.63, 3.8) is 0 Å². The summed E-state index contributed by atoms with van der Waals surface area (Å²) in [5, 5.41) is 3.32. The van der Waals surface area contributed by atoms with E-state index in [1.807, 2.05) is 6.92 Å². The molecule has 2 unspecified atom stereocenters. The number of methoxy groups -OCH3 is 2. The molecule has 0 bridgehead atoms. The standard InChI is InChI=1S/C22H21ClN2O6/c1-11-4-5-12(10-14(11)23)24-20(27)15-7-9-17(26)25(15)21-13-6-8-16(29-2)19(30-3)18(13)22(28)31-21/h4-6,8,10,15,21H,7,9H2,1-3H3,(H,24,27). The third-order valence-corrected chi connectivity index (χ3v) is 5.92. The highest BCUT2D eigenvalue weighted by atomic mass is 35.5. The molecular weight excluding hydrogens is 424 g/mol. The van der Waals surface area contributed by atoms with Crippen molar-refractivity contribution < 1.29 is 28.6 Å². The predicted octanol–water partition coefficient (Wildman–Crippen LogP) is 3.46. The first-order chi connectivity index (χ1) is 14.8. The van der Waals surface area contributed by atoms with Crippen molar-refractivity contribution in [2.75, 3.05) is 19.5 Å². The van der Waals surface area contributed by atoms with Crippen LogP contribution in [0.5, 0.6) is 11.5 Å². The molecule has 0 aliphatic carbocycles. The second-order valence-corrected chi connectivity index (χ2v) is 7.74. The summed E-state index contributed by atoms with van der Waals surface area (Å²) in [5.41, 5.74) is 2.05. The van der Waals surface area contributed by atoms with Crippen LogP contribution in [0.4, 0.5) is 5.69 Å². The van der Waals surface area contributed by atoms with Crippen molar-refractivity contribution in [3.8, 4) is 11.5 Å². The Balaban J connectivity index is 1.64. The summed E-state index contributed by atoms with van der Waals surface area (Å²) in [6.45, 7) is 1.86. The summed E-state index contributed by atoms with van der Waals surface area (Å²) in [6, 6.07) is 7.66. The Labute approximate surface area is 184 Å². The molecule has 1 N–H and O–H groups in total. The number of anilines is 1. The Hall–Kier alpha value is -3.26. The van der Waals surface area contributed by atoms with Crippen molar-refractivity contribution in [1.29, 1.82) is 0 Å². The van der Waals surface area contributed by atoms with Crippen molar-refractivity contribution >= 4 is 35.1 Å². The monoisotopic (exact) mass is 444 g/mol. The maximum atomic E-state index is 13.0. The maximum Gasteiger partial charge on any atom is 0.344 e. The average molecular weight is 445 g/mol. The van der Waals surface area contributed by atoms with E-state index in [1.165, 1.54) is 19.1 Å². The Kier molecular flexibility index (Phi) is 5.49. The van der Waals surface area contributed by atoms with Crippen LogP contribution < -0.4 is 14.8 Å². The van der Waals surface area contributed by atoms with E-state index < -0.39 is 18.2 Å². The minimum atomic E-state index is -1.02. The number of esters is 1. The first kappa shape index (κ1) is 21.0. The summed E-state index contributed by atoms with van der Waals surface area (Å²) in [4.78, 5) is 39.6. The molecule has 2 aromatic carbocycles. The van der Waals surface area contributed by atoms with Gasteiger partial charge in [-0.2, -0.15) is 0 Å². The fourth-order valence-corrected chi connectivity index (χ4v) is 4.12. The van der Waals surface area contributed by atoms with Crippen LogP contribution in [0.15, 0.2) is 30.3 Å². The number of benzene rings is 2. The highest BCUT2D eigenvalue weighted by molar-refractivity contribution is 6.31. The SMILES string of the molecule is COc1ccc2c(c1OC)C(=O)OC2N1C(=O)CCC1C(=O)Nc1ccc(C)c(Cl)c1. The van der Waals surface area contributed by atoms with Gasteiger partial charge < -0.3 is 19.5 Å². The molecule has 0 spiro atoms. The van der Waals surface area contributed by atoms with Gasteiger partial charge in [0, 0.05) is 22.7 Å². The van der Waals surface area contributed by atoms with E-state index in [4.69, 9.17) is 25.8 Å². The number of cyclic esters (lactones) is 1. The fraction of sp³-hybridized carbons (Fsp3) is 0.318. The van der Waals surface area contributed by atoms with Crippen LogP contribution in [0, 0.1) is 6.92 Å². The number of hydrogen-bond acceptors (Lipinski definition) is 6. The number of likely N-dealkylation sites (tertiary alicyclic amines) is 1. The van der Waals surface area contributed by atoms with E-state index in [9.17, 15) is 14.4 Å². The van der Waals surface area contributed by atoms with Crippen LogP contribution in [-0.4, -0.2) is 42.9 Å². The molecule has 162 valence electrons. The molecule has 1 saturated heterocycles. The zero-order valence-corrected chi connectivity index (χ0v) is 18.0. The van der Waals surface area contributed by atoms with E-state index in [1.54, 1.807) is 30.3 Å². The first-order valence-electron chi connectivity index (χ1n) is 9.69. The zero-order valence-electron chi connectivity index (χ0n) is 17.2. The first-order valence-corrected chi connectivity index (χ1v) is 10.1. The number of carbonyl (C=O) groups excluding carboxylic acids is 3. The molecule has 0 radical (unpaired) electrons. The smallest absolute Gasteiger partial charge is 0.344 e. The van der Waals surface area contributed by atoms with Crippen LogP contribution >= 0.6 is 11.6 Å². The van der Waals surface area contributed by atoms with E-state index in [0.717, 1.165) is 5.56 Å². The Morgan fingerprint density at radius 1 is 1.19 bits per heavy atom. The second-order valence-electron chi connectivity index (χ2n) is 7.33. The average Bonchev–Trinajstić information content (AvgIpc) is 3.29. The predicted molar refractivity (Wildman–Crippen MR) is 112 cm³/mol.